The van der Waals surface area contributed by atoms with Crippen molar-refractivity contribution in [1.29, 1.82) is 5.41 Å². The molecular weight excluding hydrogens is 256 g/mol. The van der Waals surface area contributed by atoms with E-state index in [1.54, 1.807) is 0 Å². The quantitative estimate of drug-likeness (QED) is 0.614. The number of aliphatic imine (C=N–C) groups is 2. The van der Waals surface area contributed by atoms with Gasteiger partial charge in [-0.2, -0.15) is 0 Å². The molecule has 0 aliphatic rings. The smallest absolute Gasteiger partial charge is 0.183 e. The average Bonchev–Trinajstić information content (AvgIpc) is 2.25. The standard InChI is InChI=1S/C14H28N4S/c1-9(2)16-13(19-8)17-10(3)12(15)18-11(4)14(5,6)7/h9,11H,1-8H3,(H2,15,18)/b16-13+,17-10+/t11-/m0/s1. The van der Waals surface area contributed by atoms with Crippen LogP contribution in [0.15, 0.2) is 9.98 Å². The molecule has 0 saturated carbocycles. The maximum atomic E-state index is 8.05. The van der Waals surface area contributed by atoms with E-state index in [1.165, 1.54) is 11.8 Å². The molecule has 0 amide bonds. The van der Waals surface area contributed by atoms with Crippen LogP contribution >= 0.6 is 11.8 Å². The molecule has 0 saturated heterocycles. The summed E-state index contributed by atoms with van der Waals surface area (Å²) in [6, 6.07) is 0.430. The Morgan fingerprint density at radius 3 is 2.11 bits per heavy atom. The number of nitrogens with zero attached hydrogens (tertiary/aromatic N) is 2. The Balaban J connectivity index is 4.82. The summed E-state index contributed by atoms with van der Waals surface area (Å²) in [5, 5.41) is 12.0. The summed E-state index contributed by atoms with van der Waals surface area (Å²) in [4.78, 5) is 8.83. The lowest BCUT2D eigenvalue weighted by Gasteiger charge is -2.29. The van der Waals surface area contributed by atoms with Gasteiger partial charge in [-0.1, -0.05) is 32.5 Å². The molecule has 2 N–H and O–H groups in total. The number of hydrogen-bond acceptors (Lipinski definition) is 3. The van der Waals surface area contributed by atoms with Crippen molar-refractivity contribution >= 4 is 28.5 Å². The molecule has 0 aromatic rings. The topological polar surface area (TPSA) is 60.6 Å². The minimum atomic E-state index is 0.112. The van der Waals surface area contributed by atoms with Crippen molar-refractivity contribution in [3.05, 3.63) is 0 Å². The van der Waals surface area contributed by atoms with Crippen LogP contribution in [0.4, 0.5) is 0 Å². The molecule has 5 heteroatoms. The molecular formula is C14H28N4S. The first kappa shape index (κ1) is 18.2. The summed E-state index contributed by atoms with van der Waals surface area (Å²) in [5.41, 5.74) is 0.783. The van der Waals surface area contributed by atoms with Crippen molar-refractivity contribution in [2.24, 2.45) is 15.4 Å². The van der Waals surface area contributed by atoms with E-state index in [4.69, 9.17) is 5.41 Å². The molecule has 0 radical (unpaired) electrons. The van der Waals surface area contributed by atoms with Gasteiger partial charge in [-0.25, -0.2) is 4.99 Å². The molecule has 19 heavy (non-hydrogen) atoms. The van der Waals surface area contributed by atoms with Gasteiger partial charge < -0.3 is 5.32 Å². The molecule has 0 aliphatic heterocycles. The van der Waals surface area contributed by atoms with Gasteiger partial charge in [-0.05, 0) is 39.4 Å². The van der Waals surface area contributed by atoms with Gasteiger partial charge in [0, 0.05) is 12.1 Å². The third kappa shape index (κ3) is 7.35. The van der Waals surface area contributed by atoms with Gasteiger partial charge in [0.05, 0.1) is 5.71 Å². The van der Waals surface area contributed by atoms with Crippen LogP contribution in [0.2, 0.25) is 0 Å². The highest BCUT2D eigenvalue weighted by Gasteiger charge is 2.21. The van der Waals surface area contributed by atoms with Crippen molar-refractivity contribution < 1.29 is 0 Å². The highest BCUT2D eigenvalue weighted by Crippen LogP contribution is 2.18. The van der Waals surface area contributed by atoms with Gasteiger partial charge in [0.1, 0.15) is 5.84 Å². The minimum absolute atomic E-state index is 0.112. The lowest BCUT2D eigenvalue weighted by molar-refractivity contribution is 0.316. The van der Waals surface area contributed by atoms with Crippen molar-refractivity contribution in [2.45, 2.75) is 60.5 Å². The molecule has 1 atom stereocenters. The SMILES string of the molecule is CSC(=N/C(C)C)/N=C(\C)C(=N)N[C@@H](C)C(C)(C)C. The van der Waals surface area contributed by atoms with E-state index >= 15 is 0 Å². The van der Waals surface area contributed by atoms with Gasteiger partial charge in [0.2, 0.25) is 0 Å². The normalized spacial score (nSPS) is 15.6. The zero-order valence-electron chi connectivity index (χ0n) is 13.5. The van der Waals surface area contributed by atoms with Crippen LogP contribution in [0.3, 0.4) is 0 Å². The first-order chi connectivity index (χ1) is 8.57. The van der Waals surface area contributed by atoms with E-state index in [9.17, 15) is 0 Å². The highest BCUT2D eigenvalue weighted by molar-refractivity contribution is 8.13. The zero-order chi connectivity index (χ0) is 15.2. The largest absolute Gasteiger partial charge is 0.366 e. The van der Waals surface area contributed by atoms with Gasteiger partial charge in [-0.15, -0.1) is 0 Å². The molecule has 0 aliphatic carbocycles. The lowest BCUT2D eigenvalue weighted by atomic mass is 9.88. The van der Waals surface area contributed by atoms with Crippen molar-refractivity contribution in [3.8, 4) is 0 Å². The van der Waals surface area contributed by atoms with Crippen LogP contribution in [0, 0.1) is 10.8 Å². The number of hydrogen-bond donors (Lipinski definition) is 2. The second-order valence-corrected chi connectivity index (χ2v) is 6.79. The molecule has 0 heterocycles. The Morgan fingerprint density at radius 1 is 1.21 bits per heavy atom. The van der Waals surface area contributed by atoms with Crippen molar-refractivity contribution in [3.63, 3.8) is 0 Å². The number of amidine groups is 2. The first-order valence-corrected chi connectivity index (χ1v) is 7.83. The summed E-state index contributed by atoms with van der Waals surface area (Å²) in [6.45, 7) is 14.4. The summed E-state index contributed by atoms with van der Waals surface area (Å²) >= 11 is 1.51. The second kappa shape index (κ2) is 7.68. The summed E-state index contributed by atoms with van der Waals surface area (Å²) in [5.74, 6) is 0.368. The van der Waals surface area contributed by atoms with Crippen LogP contribution < -0.4 is 5.32 Å². The van der Waals surface area contributed by atoms with Crippen molar-refractivity contribution in [1.82, 2.24) is 5.32 Å². The van der Waals surface area contributed by atoms with Gasteiger partial charge in [0.15, 0.2) is 5.17 Å². The zero-order valence-corrected chi connectivity index (χ0v) is 14.3. The van der Waals surface area contributed by atoms with Crippen molar-refractivity contribution in [2.75, 3.05) is 6.26 Å². The Kier molecular flexibility index (Phi) is 7.34. The highest BCUT2D eigenvalue weighted by atomic mass is 32.2. The predicted octanol–water partition coefficient (Wildman–Crippen LogP) is 3.58. The fourth-order valence-electron chi connectivity index (χ4n) is 1.08. The maximum absolute atomic E-state index is 8.05. The Morgan fingerprint density at radius 2 is 1.74 bits per heavy atom. The van der Waals surface area contributed by atoms with E-state index in [2.05, 4.69) is 43.0 Å². The fourth-order valence-corrected chi connectivity index (χ4v) is 1.63. The van der Waals surface area contributed by atoms with Crippen LogP contribution in [-0.2, 0) is 0 Å². The summed E-state index contributed by atoms with van der Waals surface area (Å²) < 4.78 is 0. The lowest BCUT2D eigenvalue weighted by Crippen LogP contribution is -2.43. The van der Waals surface area contributed by atoms with E-state index in [1.807, 2.05) is 27.0 Å². The van der Waals surface area contributed by atoms with Crippen LogP contribution in [-0.4, -0.2) is 35.1 Å². The maximum Gasteiger partial charge on any atom is 0.183 e. The number of thioether (sulfide) groups is 1. The average molecular weight is 284 g/mol. The molecule has 0 aromatic heterocycles. The minimum Gasteiger partial charge on any atom is -0.366 e. The third-order valence-corrected chi connectivity index (χ3v) is 3.40. The first-order valence-electron chi connectivity index (χ1n) is 6.60. The molecule has 4 nitrogen and oxygen atoms in total. The Bertz CT molecular complexity index is 364. The third-order valence-electron chi connectivity index (χ3n) is 2.84. The van der Waals surface area contributed by atoms with E-state index in [0.717, 1.165) is 5.17 Å². The van der Waals surface area contributed by atoms with Crippen LogP contribution in [0.25, 0.3) is 0 Å². The van der Waals surface area contributed by atoms with E-state index < -0.39 is 0 Å². The van der Waals surface area contributed by atoms with E-state index in [-0.39, 0.29) is 17.5 Å². The Labute approximate surface area is 122 Å². The van der Waals surface area contributed by atoms with E-state index in [0.29, 0.717) is 11.5 Å². The molecule has 110 valence electrons. The fraction of sp³-hybridized carbons (Fsp3) is 0.786. The van der Waals surface area contributed by atoms with Gasteiger partial charge in [-0.3, -0.25) is 10.4 Å². The number of rotatable bonds is 3. The summed E-state index contributed by atoms with van der Waals surface area (Å²) in [7, 11) is 0. The van der Waals surface area contributed by atoms with Crippen LogP contribution in [0.1, 0.15) is 48.5 Å². The molecule has 0 unspecified atom stereocenters. The Hall–Kier alpha value is -0.840. The molecule has 0 aromatic carbocycles. The van der Waals surface area contributed by atoms with Crippen LogP contribution in [0.5, 0.6) is 0 Å². The molecule has 0 fully saturated rings. The summed E-state index contributed by atoms with van der Waals surface area (Å²) in [6.07, 6.45) is 1.95. The van der Waals surface area contributed by atoms with Gasteiger partial charge in [0.25, 0.3) is 0 Å². The predicted molar refractivity (Wildman–Crippen MR) is 89.0 cm³/mol. The molecule has 0 bridgehead atoms. The van der Waals surface area contributed by atoms with Gasteiger partial charge >= 0.3 is 0 Å². The second-order valence-electron chi connectivity index (χ2n) is 6.01. The monoisotopic (exact) mass is 284 g/mol. The molecule has 0 spiro atoms. The molecule has 0 rings (SSSR count). The number of nitrogens with one attached hydrogen (secondary N) is 2.